The lowest BCUT2D eigenvalue weighted by Crippen LogP contribution is -2.24. The van der Waals surface area contributed by atoms with Gasteiger partial charge in [-0.15, -0.1) is 0 Å². The molecule has 1 N–H and O–H groups in total. The van der Waals surface area contributed by atoms with Gasteiger partial charge in [0.05, 0.1) is 0 Å². The molecule has 0 heterocycles. The Kier molecular flexibility index (Phi) is 2.68. The third kappa shape index (κ3) is 1.99. The first-order valence-corrected chi connectivity index (χ1v) is 5.59. The zero-order valence-electron chi connectivity index (χ0n) is 9.04. The Bertz CT molecular complexity index is 340. The summed E-state index contributed by atoms with van der Waals surface area (Å²) in [5.41, 5.74) is -0.690. The third-order valence-electron chi connectivity index (χ3n) is 3.53. The zero-order valence-corrected chi connectivity index (χ0v) is 9.04. The average molecular weight is 208 g/mol. The Morgan fingerprint density at radius 1 is 1.33 bits per heavy atom. The minimum absolute atomic E-state index is 0.110. The van der Waals surface area contributed by atoms with Crippen molar-refractivity contribution in [3.8, 4) is 5.75 Å². The summed E-state index contributed by atoms with van der Waals surface area (Å²) in [6.07, 6.45) is 4.18. The summed E-state index contributed by atoms with van der Waals surface area (Å²) in [5, 5.41) is 9.35. The molecule has 1 saturated carbocycles. The summed E-state index contributed by atoms with van der Waals surface area (Å²) in [5.74, 6) is 0.258. The van der Waals surface area contributed by atoms with Gasteiger partial charge in [0.15, 0.2) is 0 Å². The Labute approximate surface area is 89.9 Å². The predicted molar refractivity (Wildman–Crippen MR) is 58.5 cm³/mol. The van der Waals surface area contributed by atoms with E-state index in [1.807, 2.05) is 0 Å². The lowest BCUT2D eigenvalue weighted by molar-refractivity contribution is 0.104. The van der Waals surface area contributed by atoms with Crippen molar-refractivity contribution < 1.29 is 9.50 Å². The maximum absolute atomic E-state index is 14.6. The Morgan fingerprint density at radius 3 is 2.60 bits per heavy atom. The van der Waals surface area contributed by atoms with Crippen LogP contribution in [0.15, 0.2) is 24.3 Å². The number of hydrogen-bond donors (Lipinski definition) is 1. The number of aromatic hydroxyl groups is 1. The average Bonchev–Trinajstić information content (AvgIpc) is 2.71. The van der Waals surface area contributed by atoms with Crippen LogP contribution in [-0.4, -0.2) is 5.11 Å². The minimum atomic E-state index is -1.30. The van der Waals surface area contributed by atoms with Gasteiger partial charge in [0.1, 0.15) is 11.4 Å². The fourth-order valence-corrected chi connectivity index (χ4v) is 2.51. The quantitative estimate of drug-likeness (QED) is 0.784. The van der Waals surface area contributed by atoms with E-state index < -0.39 is 5.67 Å². The third-order valence-corrected chi connectivity index (χ3v) is 3.53. The molecule has 0 amide bonds. The van der Waals surface area contributed by atoms with Gasteiger partial charge in [-0.05, 0) is 43.4 Å². The second-order valence-corrected chi connectivity index (χ2v) is 4.61. The van der Waals surface area contributed by atoms with Crippen molar-refractivity contribution in [2.24, 2.45) is 5.92 Å². The fourth-order valence-electron chi connectivity index (χ4n) is 2.51. The van der Waals surface area contributed by atoms with Crippen molar-refractivity contribution in [1.82, 2.24) is 0 Å². The van der Waals surface area contributed by atoms with Gasteiger partial charge in [-0.25, -0.2) is 4.39 Å². The number of hydrogen-bond acceptors (Lipinski definition) is 1. The van der Waals surface area contributed by atoms with E-state index in [9.17, 15) is 9.50 Å². The molecule has 1 aromatic rings. The number of phenolic OH excluding ortho intramolecular Hbond substituents is 1. The molecule has 15 heavy (non-hydrogen) atoms. The fraction of sp³-hybridized carbons (Fsp3) is 0.538. The Hall–Kier alpha value is -1.05. The van der Waals surface area contributed by atoms with Crippen LogP contribution < -0.4 is 0 Å². The minimum Gasteiger partial charge on any atom is -0.508 e. The van der Waals surface area contributed by atoms with Crippen LogP contribution in [0.4, 0.5) is 4.39 Å². The standard InChI is InChI=1S/C13H17FO/c1-13(14,10-5-2-3-6-10)11-7-4-8-12(15)9-11/h4,7-10,15H,2-3,5-6H2,1H3. The highest BCUT2D eigenvalue weighted by atomic mass is 19.1. The van der Waals surface area contributed by atoms with Gasteiger partial charge in [0.2, 0.25) is 0 Å². The van der Waals surface area contributed by atoms with Crippen LogP contribution in [0.2, 0.25) is 0 Å². The van der Waals surface area contributed by atoms with Gasteiger partial charge in [-0.3, -0.25) is 0 Å². The van der Waals surface area contributed by atoms with E-state index in [2.05, 4.69) is 0 Å². The lowest BCUT2D eigenvalue weighted by Gasteiger charge is -2.27. The summed E-state index contributed by atoms with van der Waals surface area (Å²) in [6.45, 7) is 1.64. The van der Waals surface area contributed by atoms with E-state index in [1.165, 1.54) is 0 Å². The molecule has 0 aromatic heterocycles. The number of rotatable bonds is 2. The maximum Gasteiger partial charge on any atom is 0.136 e. The molecule has 0 saturated heterocycles. The number of halogens is 1. The molecule has 0 aliphatic heterocycles. The highest BCUT2D eigenvalue weighted by Gasteiger charge is 2.37. The van der Waals surface area contributed by atoms with Crippen molar-refractivity contribution >= 4 is 0 Å². The maximum atomic E-state index is 14.6. The van der Waals surface area contributed by atoms with E-state index in [4.69, 9.17) is 0 Å². The van der Waals surface area contributed by atoms with E-state index in [0.29, 0.717) is 5.56 Å². The van der Waals surface area contributed by atoms with Crippen molar-refractivity contribution in [3.63, 3.8) is 0 Å². The van der Waals surface area contributed by atoms with Crippen LogP contribution >= 0.6 is 0 Å². The molecular weight excluding hydrogens is 191 g/mol. The number of phenols is 1. The normalized spacial score (nSPS) is 21.5. The molecule has 2 heteroatoms. The van der Waals surface area contributed by atoms with Crippen LogP contribution in [0, 0.1) is 5.92 Å². The molecule has 1 fully saturated rings. The zero-order chi connectivity index (χ0) is 10.9. The first-order chi connectivity index (χ1) is 7.10. The molecule has 2 rings (SSSR count). The van der Waals surface area contributed by atoms with Crippen molar-refractivity contribution in [1.29, 1.82) is 0 Å². The van der Waals surface area contributed by atoms with E-state index in [-0.39, 0.29) is 11.7 Å². The summed E-state index contributed by atoms with van der Waals surface area (Å²) < 4.78 is 14.6. The second kappa shape index (κ2) is 3.84. The molecule has 0 spiro atoms. The smallest absolute Gasteiger partial charge is 0.136 e. The lowest BCUT2D eigenvalue weighted by atomic mass is 9.83. The summed E-state index contributed by atoms with van der Waals surface area (Å²) in [7, 11) is 0. The van der Waals surface area contributed by atoms with E-state index >= 15 is 0 Å². The summed E-state index contributed by atoms with van der Waals surface area (Å²) >= 11 is 0. The van der Waals surface area contributed by atoms with Crippen LogP contribution in [-0.2, 0) is 5.67 Å². The Morgan fingerprint density at radius 2 is 2.00 bits per heavy atom. The van der Waals surface area contributed by atoms with Gasteiger partial charge in [0.25, 0.3) is 0 Å². The molecule has 0 radical (unpaired) electrons. The molecule has 1 atom stereocenters. The van der Waals surface area contributed by atoms with Gasteiger partial charge < -0.3 is 5.11 Å². The largest absolute Gasteiger partial charge is 0.508 e. The van der Waals surface area contributed by atoms with Crippen LogP contribution in [0.3, 0.4) is 0 Å². The first kappa shape index (κ1) is 10.5. The topological polar surface area (TPSA) is 20.2 Å². The molecule has 1 aliphatic carbocycles. The SMILES string of the molecule is CC(F)(c1cccc(O)c1)C1CCCC1. The molecule has 1 aliphatic rings. The molecule has 82 valence electrons. The number of alkyl halides is 1. The monoisotopic (exact) mass is 208 g/mol. The van der Waals surface area contributed by atoms with Gasteiger partial charge in [-0.2, -0.15) is 0 Å². The van der Waals surface area contributed by atoms with Crippen molar-refractivity contribution in [2.75, 3.05) is 0 Å². The summed E-state index contributed by atoms with van der Waals surface area (Å²) in [4.78, 5) is 0. The highest BCUT2D eigenvalue weighted by Crippen LogP contribution is 2.43. The second-order valence-electron chi connectivity index (χ2n) is 4.61. The van der Waals surface area contributed by atoms with Crippen molar-refractivity contribution in [3.05, 3.63) is 29.8 Å². The van der Waals surface area contributed by atoms with Gasteiger partial charge in [0, 0.05) is 0 Å². The van der Waals surface area contributed by atoms with E-state index in [0.717, 1.165) is 25.7 Å². The summed E-state index contributed by atoms with van der Waals surface area (Å²) in [6, 6.07) is 6.59. The number of benzene rings is 1. The van der Waals surface area contributed by atoms with E-state index in [1.54, 1.807) is 31.2 Å². The van der Waals surface area contributed by atoms with Crippen molar-refractivity contribution in [2.45, 2.75) is 38.3 Å². The van der Waals surface area contributed by atoms with Gasteiger partial charge in [-0.1, -0.05) is 25.0 Å². The molecule has 1 aromatic carbocycles. The van der Waals surface area contributed by atoms with Gasteiger partial charge >= 0.3 is 0 Å². The Balaban J connectivity index is 2.27. The first-order valence-electron chi connectivity index (χ1n) is 5.59. The molecule has 1 unspecified atom stereocenters. The van der Waals surface area contributed by atoms with Crippen LogP contribution in [0.1, 0.15) is 38.2 Å². The highest BCUT2D eigenvalue weighted by molar-refractivity contribution is 5.31. The molecular formula is C13H17FO. The van der Waals surface area contributed by atoms with Crippen LogP contribution in [0.5, 0.6) is 5.75 Å². The molecule has 0 bridgehead atoms. The predicted octanol–water partition coefficient (Wildman–Crippen LogP) is 3.77. The van der Waals surface area contributed by atoms with Crippen LogP contribution in [0.25, 0.3) is 0 Å². The molecule has 1 nitrogen and oxygen atoms in total.